The van der Waals surface area contributed by atoms with Crippen LogP contribution in [0.3, 0.4) is 0 Å². The van der Waals surface area contributed by atoms with Gasteiger partial charge >= 0.3 is 5.97 Å². The Labute approximate surface area is 181 Å². The normalized spacial score (nSPS) is 17.3. The molecule has 0 aliphatic carbocycles. The van der Waals surface area contributed by atoms with Crippen molar-refractivity contribution in [2.45, 2.75) is 18.9 Å². The van der Waals surface area contributed by atoms with Gasteiger partial charge in [0.05, 0.1) is 33.3 Å². The number of aliphatic carboxylic acids is 1. The SMILES string of the molecule is COc1ccc(C(c2ccc3c(c2)OCO3)N2CCC(C(=O)O)CC2)c(OC)c1OC. The number of carboxylic acids is 1. The van der Waals surface area contributed by atoms with Crippen LogP contribution in [0.4, 0.5) is 0 Å². The number of hydrogen-bond donors (Lipinski definition) is 1. The van der Waals surface area contributed by atoms with Crippen molar-refractivity contribution in [1.82, 2.24) is 4.90 Å². The molecule has 0 radical (unpaired) electrons. The third-order valence-corrected chi connectivity index (χ3v) is 5.99. The standard InChI is InChI=1S/C23H27NO7/c1-27-18-7-5-16(21(28-2)22(18)29-3)20(24-10-8-14(9-11-24)23(25)26)15-4-6-17-19(12-15)31-13-30-17/h4-7,12,14,20H,8-11,13H2,1-3H3,(H,25,26). The molecular formula is C23H27NO7. The Hall–Kier alpha value is -3.13. The summed E-state index contributed by atoms with van der Waals surface area (Å²) in [5.41, 5.74) is 1.91. The first-order valence-electron chi connectivity index (χ1n) is 10.2. The summed E-state index contributed by atoms with van der Waals surface area (Å²) in [6.07, 6.45) is 1.18. The molecular weight excluding hydrogens is 402 g/mol. The number of carbonyl (C=O) groups is 1. The van der Waals surface area contributed by atoms with Gasteiger partial charge in [-0.15, -0.1) is 0 Å². The maximum absolute atomic E-state index is 11.5. The summed E-state index contributed by atoms with van der Waals surface area (Å²) in [7, 11) is 4.77. The summed E-state index contributed by atoms with van der Waals surface area (Å²) in [6, 6.07) is 9.55. The van der Waals surface area contributed by atoms with Crippen LogP contribution in [0.5, 0.6) is 28.7 Å². The summed E-state index contributed by atoms with van der Waals surface area (Å²) in [6.45, 7) is 1.49. The second-order valence-corrected chi connectivity index (χ2v) is 7.59. The van der Waals surface area contributed by atoms with Crippen LogP contribution in [0.1, 0.15) is 30.0 Å². The Kier molecular flexibility index (Phi) is 6.08. The first kappa shape index (κ1) is 21.1. The molecule has 1 fully saturated rings. The molecule has 0 saturated carbocycles. The Morgan fingerprint density at radius 2 is 1.71 bits per heavy atom. The molecule has 2 aliphatic heterocycles. The third kappa shape index (κ3) is 3.95. The monoisotopic (exact) mass is 429 g/mol. The maximum Gasteiger partial charge on any atom is 0.306 e. The van der Waals surface area contributed by atoms with Crippen molar-refractivity contribution in [2.24, 2.45) is 5.92 Å². The number of benzene rings is 2. The van der Waals surface area contributed by atoms with Crippen LogP contribution in [0, 0.1) is 5.92 Å². The fourth-order valence-electron chi connectivity index (χ4n) is 4.41. The van der Waals surface area contributed by atoms with Crippen LogP contribution in [0.25, 0.3) is 0 Å². The van der Waals surface area contributed by atoms with Gasteiger partial charge in [0.25, 0.3) is 0 Å². The van der Waals surface area contributed by atoms with Crippen LogP contribution >= 0.6 is 0 Å². The van der Waals surface area contributed by atoms with Gasteiger partial charge in [-0.3, -0.25) is 9.69 Å². The van der Waals surface area contributed by atoms with Crippen molar-refractivity contribution in [1.29, 1.82) is 0 Å². The first-order valence-corrected chi connectivity index (χ1v) is 10.2. The van der Waals surface area contributed by atoms with Gasteiger partial charge < -0.3 is 28.8 Å². The van der Waals surface area contributed by atoms with E-state index < -0.39 is 5.97 Å². The molecule has 2 aromatic carbocycles. The second kappa shape index (κ2) is 8.93. The summed E-state index contributed by atoms with van der Waals surface area (Å²) in [4.78, 5) is 13.7. The van der Waals surface area contributed by atoms with Crippen LogP contribution in [0.2, 0.25) is 0 Å². The summed E-state index contributed by atoms with van der Waals surface area (Å²) >= 11 is 0. The fraction of sp³-hybridized carbons (Fsp3) is 0.435. The Morgan fingerprint density at radius 3 is 2.35 bits per heavy atom. The molecule has 8 heteroatoms. The number of methoxy groups -OCH3 is 3. The summed E-state index contributed by atoms with van der Waals surface area (Å²) < 4.78 is 27.9. The topological polar surface area (TPSA) is 86.7 Å². The van der Waals surface area contributed by atoms with Crippen LogP contribution in [0.15, 0.2) is 30.3 Å². The largest absolute Gasteiger partial charge is 0.493 e. The van der Waals surface area contributed by atoms with E-state index in [0.717, 1.165) is 11.1 Å². The lowest BCUT2D eigenvalue weighted by Gasteiger charge is -2.37. The predicted octanol–water partition coefficient (Wildman–Crippen LogP) is 3.33. The first-order chi connectivity index (χ1) is 15.1. The highest BCUT2D eigenvalue weighted by Gasteiger charge is 2.33. The van der Waals surface area contributed by atoms with E-state index >= 15 is 0 Å². The number of ether oxygens (including phenoxy) is 5. The Balaban J connectivity index is 1.79. The van der Waals surface area contributed by atoms with E-state index in [1.165, 1.54) is 0 Å². The minimum Gasteiger partial charge on any atom is -0.493 e. The van der Waals surface area contributed by atoms with Gasteiger partial charge in [-0.05, 0) is 55.8 Å². The highest BCUT2D eigenvalue weighted by Crippen LogP contribution is 2.47. The van der Waals surface area contributed by atoms with Gasteiger partial charge in [0.2, 0.25) is 12.5 Å². The van der Waals surface area contributed by atoms with E-state index in [4.69, 9.17) is 23.7 Å². The zero-order valence-corrected chi connectivity index (χ0v) is 17.9. The zero-order chi connectivity index (χ0) is 22.0. The number of carboxylic acid groups (broad SMARTS) is 1. The lowest BCUT2D eigenvalue weighted by molar-refractivity contribution is -0.143. The molecule has 2 aromatic rings. The molecule has 0 bridgehead atoms. The molecule has 31 heavy (non-hydrogen) atoms. The van der Waals surface area contributed by atoms with Crippen molar-refractivity contribution in [3.8, 4) is 28.7 Å². The molecule has 0 amide bonds. The zero-order valence-electron chi connectivity index (χ0n) is 17.9. The molecule has 1 N–H and O–H groups in total. The third-order valence-electron chi connectivity index (χ3n) is 5.99. The predicted molar refractivity (Wildman–Crippen MR) is 112 cm³/mol. The molecule has 8 nitrogen and oxygen atoms in total. The van der Waals surface area contributed by atoms with E-state index in [-0.39, 0.29) is 18.8 Å². The molecule has 2 heterocycles. The van der Waals surface area contributed by atoms with Crippen molar-refractivity contribution in [3.63, 3.8) is 0 Å². The quantitative estimate of drug-likeness (QED) is 0.717. The average Bonchev–Trinajstić information content (AvgIpc) is 3.27. The van der Waals surface area contributed by atoms with Gasteiger partial charge in [-0.2, -0.15) is 0 Å². The van der Waals surface area contributed by atoms with Gasteiger partial charge in [-0.25, -0.2) is 0 Å². The number of piperidine rings is 1. The molecule has 1 atom stereocenters. The van der Waals surface area contributed by atoms with Crippen molar-refractivity contribution in [3.05, 3.63) is 41.5 Å². The lowest BCUT2D eigenvalue weighted by Crippen LogP contribution is -2.39. The Morgan fingerprint density at radius 1 is 1.00 bits per heavy atom. The smallest absolute Gasteiger partial charge is 0.306 e. The van der Waals surface area contributed by atoms with E-state index in [1.807, 2.05) is 30.3 Å². The second-order valence-electron chi connectivity index (χ2n) is 7.59. The average molecular weight is 429 g/mol. The van der Waals surface area contributed by atoms with E-state index in [2.05, 4.69) is 4.90 Å². The minimum atomic E-state index is -0.733. The lowest BCUT2D eigenvalue weighted by atomic mass is 9.90. The number of hydrogen-bond acceptors (Lipinski definition) is 7. The van der Waals surface area contributed by atoms with Crippen molar-refractivity contribution >= 4 is 5.97 Å². The van der Waals surface area contributed by atoms with Gasteiger partial charge in [0.15, 0.2) is 23.0 Å². The number of nitrogens with zero attached hydrogens (tertiary/aromatic N) is 1. The van der Waals surface area contributed by atoms with Crippen LogP contribution in [-0.4, -0.2) is 57.2 Å². The molecule has 166 valence electrons. The van der Waals surface area contributed by atoms with Crippen molar-refractivity contribution < 1.29 is 33.6 Å². The molecule has 1 unspecified atom stereocenters. The van der Waals surface area contributed by atoms with E-state index in [0.29, 0.717) is 54.7 Å². The molecule has 4 rings (SSSR count). The number of fused-ring (bicyclic) bond motifs is 1. The van der Waals surface area contributed by atoms with Gasteiger partial charge in [-0.1, -0.05) is 6.07 Å². The van der Waals surface area contributed by atoms with Gasteiger partial charge in [0.1, 0.15) is 0 Å². The Bertz CT molecular complexity index is 953. The maximum atomic E-state index is 11.5. The number of likely N-dealkylation sites (tertiary alicyclic amines) is 1. The highest BCUT2D eigenvalue weighted by molar-refractivity contribution is 5.70. The molecule has 2 aliphatic rings. The van der Waals surface area contributed by atoms with E-state index in [1.54, 1.807) is 21.3 Å². The van der Waals surface area contributed by atoms with Crippen LogP contribution < -0.4 is 23.7 Å². The van der Waals surface area contributed by atoms with Crippen LogP contribution in [-0.2, 0) is 4.79 Å². The summed E-state index contributed by atoms with van der Waals surface area (Å²) in [5.74, 6) is 2.05. The molecule has 0 spiro atoms. The summed E-state index contributed by atoms with van der Waals surface area (Å²) in [5, 5.41) is 9.41. The fourth-order valence-corrected chi connectivity index (χ4v) is 4.41. The number of rotatable bonds is 7. The van der Waals surface area contributed by atoms with Crippen molar-refractivity contribution in [2.75, 3.05) is 41.2 Å². The highest BCUT2D eigenvalue weighted by atomic mass is 16.7. The van der Waals surface area contributed by atoms with Gasteiger partial charge in [0, 0.05) is 5.56 Å². The minimum absolute atomic E-state index is 0.181. The molecule has 1 saturated heterocycles. The van der Waals surface area contributed by atoms with E-state index in [9.17, 15) is 9.90 Å². The molecule has 0 aromatic heterocycles.